The van der Waals surface area contributed by atoms with E-state index >= 15 is 0 Å². The van der Waals surface area contributed by atoms with Gasteiger partial charge in [-0.05, 0) is 25.0 Å². The van der Waals surface area contributed by atoms with E-state index < -0.39 is 0 Å². The standard InChI is InChI=1S/C16H20N2O2S/c1-12-11-21-16(18-12)8-7-15(19)17-10-9-13-5-3-4-6-14(13)20-2/h3-6,11H,7-10H2,1-2H3,(H,17,19). The van der Waals surface area contributed by atoms with Gasteiger partial charge in [0.05, 0.1) is 12.1 Å². The van der Waals surface area contributed by atoms with Gasteiger partial charge in [-0.15, -0.1) is 11.3 Å². The minimum atomic E-state index is 0.0674. The molecule has 1 heterocycles. The van der Waals surface area contributed by atoms with E-state index in [0.717, 1.165) is 28.4 Å². The lowest BCUT2D eigenvalue weighted by atomic mass is 10.1. The van der Waals surface area contributed by atoms with Crippen molar-refractivity contribution in [3.63, 3.8) is 0 Å². The molecule has 0 atom stereocenters. The third-order valence-electron chi connectivity index (χ3n) is 3.14. The predicted octanol–water partition coefficient (Wildman–Crippen LogP) is 2.75. The third-order valence-corrected chi connectivity index (χ3v) is 4.17. The van der Waals surface area contributed by atoms with Gasteiger partial charge < -0.3 is 10.1 Å². The molecule has 0 saturated carbocycles. The molecule has 21 heavy (non-hydrogen) atoms. The van der Waals surface area contributed by atoms with Gasteiger partial charge in [-0.3, -0.25) is 4.79 Å². The molecule has 0 saturated heterocycles. The number of aromatic nitrogens is 1. The zero-order valence-electron chi connectivity index (χ0n) is 12.4. The second-order valence-corrected chi connectivity index (χ2v) is 5.74. The van der Waals surface area contributed by atoms with Gasteiger partial charge in [0.15, 0.2) is 0 Å². The highest BCUT2D eigenvalue weighted by Gasteiger charge is 2.06. The molecule has 0 spiro atoms. The van der Waals surface area contributed by atoms with Crippen LogP contribution in [0.5, 0.6) is 5.75 Å². The summed E-state index contributed by atoms with van der Waals surface area (Å²) in [6.45, 7) is 2.59. The van der Waals surface area contributed by atoms with E-state index in [1.165, 1.54) is 0 Å². The Morgan fingerprint density at radius 1 is 1.33 bits per heavy atom. The zero-order chi connectivity index (χ0) is 15.1. The molecule has 2 aromatic rings. The Morgan fingerprint density at radius 3 is 2.86 bits per heavy atom. The number of carbonyl (C=O) groups excluding carboxylic acids is 1. The van der Waals surface area contributed by atoms with Gasteiger partial charge in [-0.1, -0.05) is 18.2 Å². The number of nitrogens with zero attached hydrogens (tertiary/aromatic N) is 1. The van der Waals surface area contributed by atoms with E-state index in [2.05, 4.69) is 10.3 Å². The molecule has 4 nitrogen and oxygen atoms in total. The Balaban J connectivity index is 1.71. The first-order valence-electron chi connectivity index (χ1n) is 6.98. The first-order valence-corrected chi connectivity index (χ1v) is 7.86. The summed E-state index contributed by atoms with van der Waals surface area (Å²) < 4.78 is 5.29. The summed E-state index contributed by atoms with van der Waals surface area (Å²) in [7, 11) is 1.66. The number of nitrogens with one attached hydrogen (secondary N) is 1. The number of ether oxygens (including phenoxy) is 1. The van der Waals surface area contributed by atoms with Crippen molar-refractivity contribution in [2.24, 2.45) is 0 Å². The van der Waals surface area contributed by atoms with Gasteiger partial charge in [0.25, 0.3) is 0 Å². The number of thiazole rings is 1. The van der Waals surface area contributed by atoms with E-state index in [4.69, 9.17) is 4.74 Å². The van der Waals surface area contributed by atoms with Crippen LogP contribution in [0.3, 0.4) is 0 Å². The van der Waals surface area contributed by atoms with E-state index in [-0.39, 0.29) is 5.91 Å². The average molecular weight is 304 g/mol. The van der Waals surface area contributed by atoms with Gasteiger partial charge in [0, 0.05) is 30.5 Å². The van der Waals surface area contributed by atoms with Gasteiger partial charge in [-0.2, -0.15) is 0 Å². The number of rotatable bonds is 7. The van der Waals surface area contributed by atoms with Crippen LogP contribution in [0.25, 0.3) is 0 Å². The molecule has 5 heteroatoms. The van der Waals surface area contributed by atoms with Crippen LogP contribution in [-0.2, 0) is 17.6 Å². The van der Waals surface area contributed by atoms with Gasteiger partial charge in [-0.25, -0.2) is 4.98 Å². The van der Waals surface area contributed by atoms with E-state index in [0.29, 0.717) is 19.4 Å². The topological polar surface area (TPSA) is 51.2 Å². The maximum absolute atomic E-state index is 11.8. The molecule has 2 rings (SSSR count). The first-order chi connectivity index (χ1) is 10.2. The molecule has 1 aromatic carbocycles. The van der Waals surface area contributed by atoms with Crippen molar-refractivity contribution in [2.75, 3.05) is 13.7 Å². The molecule has 0 fully saturated rings. The third kappa shape index (κ3) is 4.86. The molecular weight excluding hydrogens is 284 g/mol. The Morgan fingerprint density at radius 2 is 2.14 bits per heavy atom. The molecule has 0 aliphatic heterocycles. The van der Waals surface area contributed by atoms with E-state index in [9.17, 15) is 4.79 Å². The fourth-order valence-corrected chi connectivity index (χ4v) is 2.85. The number of hydrogen-bond donors (Lipinski definition) is 1. The van der Waals surface area contributed by atoms with Crippen molar-refractivity contribution >= 4 is 17.2 Å². The van der Waals surface area contributed by atoms with Crippen molar-refractivity contribution in [3.8, 4) is 5.75 Å². The highest BCUT2D eigenvalue weighted by atomic mass is 32.1. The summed E-state index contributed by atoms with van der Waals surface area (Å²) in [6.07, 6.45) is 1.96. The summed E-state index contributed by atoms with van der Waals surface area (Å²) in [4.78, 5) is 16.2. The molecule has 0 radical (unpaired) electrons. The first kappa shape index (κ1) is 15.5. The van der Waals surface area contributed by atoms with E-state index in [1.54, 1.807) is 18.4 Å². The quantitative estimate of drug-likeness (QED) is 0.855. The maximum Gasteiger partial charge on any atom is 0.220 e. The van der Waals surface area contributed by atoms with E-state index in [1.807, 2.05) is 36.6 Å². The maximum atomic E-state index is 11.8. The summed E-state index contributed by atoms with van der Waals surface area (Å²) in [5.41, 5.74) is 2.13. The minimum absolute atomic E-state index is 0.0674. The SMILES string of the molecule is COc1ccccc1CCNC(=O)CCc1nc(C)cs1. The Hall–Kier alpha value is -1.88. The molecule has 1 amide bonds. The van der Waals surface area contributed by atoms with Crippen LogP contribution in [0.2, 0.25) is 0 Å². The molecule has 112 valence electrons. The van der Waals surface area contributed by atoms with Gasteiger partial charge in [0.1, 0.15) is 5.75 Å². The van der Waals surface area contributed by atoms with Crippen LogP contribution in [0.15, 0.2) is 29.6 Å². The molecule has 0 bridgehead atoms. The van der Waals surface area contributed by atoms with Gasteiger partial charge >= 0.3 is 0 Å². The zero-order valence-corrected chi connectivity index (χ0v) is 13.2. The average Bonchev–Trinajstić information content (AvgIpc) is 2.91. The number of carbonyl (C=O) groups is 1. The van der Waals surface area contributed by atoms with Crippen LogP contribution < -0.4 is 10.1 Å². The molecule has 0 aliphatic carbocycles. The summed E-state index contributed by atoms with van der Waals surface area (Å²) >= 11 is 1.61. The minimum Gasteiger partial charge on any atom is -0.496 e. The Bertz CT molecular complexity index is 595. The molecule has 1 N–H and O–H groups in total. The van der Waals surface area contributed by atoms with Crippen LogP contribution in [0.4, 0.5) is 0 Å². The van der Waals surface area contributed by atoms with Crippen molar-refractivity contribution < 1.29 is 9.53 Å². The van der Waals surface area contributed by atoms with Crippen LogP contribution in [-0.4, -0.2) is 24.5 Å². The smallest absolute Gasteiger partial charge is 0.220 e. The second-order valence-electron chi connectivity index (χ2n) is 4.79. The Labute approximate surface area is 129 Å². The molecular formula is C16H20N2O2S. The number of para-hydroxylation sites is 1. The van der Waals surface area contributed by atoms with Crippen molar-refractivity contribution in [1.29, 1.82) is 0 Å². The number of aryl methyl sites for hydroxylation is 2. The summed E-state index contributed by atoms with van der Waals surface area (Å²) in [5.74, 6) is 0.933. The lowest BCUT2D eigenvalue weighted by Crippen LogP contribution is -2.25. The Kier molecular flexibility index (Phi) is 5.75. The number of benzene rings is 1. The monoisotopic (exact) mass is 304 g/mol. The highest BCUT2D eigenvalue weighted by Crippen LogP contribution is 2.17. The number of amides is 1. The molecule has 0 unspecified atom stereocenters. The molecule has 1 aromatic heterocycles. The van der Waals surface area contributed by atoms with Crippen LogP contribution >= 0.6 is 11.3 Å². The largest absolute Gasteiger partial charge is 0.496 e. The fourth-order valence-electron chi connectivity index (χ4n) is 2.07. The normalized spacial score (nSPS) is 10.4. The highest BCUT2D eigenvalue weighted by molar-refractivity contribution is 7.09. The van der Waals surface area contributed by atoms with Gasteiger partial charge in [0.2, 0.25) is 5.91 Å². The van der Waals surface area contributed by atoms with Crippen molar-refractivity contribution in [1.82, 2.24) is 10.3 Å². The van der Waals surface area contributed by atoms with Crippen LogP contribution in [0, 0.1) is 6.92 Å². The lowest BCUT2D eigenvalue weighted by Gasteiger charge is -2.08. The second kappa shape index (κ2) is 7.78. The predicted molar refractivity (Wildman–Crippen MR) is 84.9 cm³/mol. The summed E-state index contributed by atoms with van der Waals surface area (Å²) in [5, 5.41) is 5.97. The van der Waals surface area contributed by atoms with Crippen LogP contribution in [0.1, 0.15) is 22.7 Å². The number of methoxy groups -OCH3 is 1. The van der Waals surface area contributed by atoms with Crippen molar-refractivity contribution in [3.05, 3.63) is 45.9 Å². The molecule has 0 aliphatic rings. The number of hydrogen-bond acceptors (Lipinski definition) is 4. The lowest BCUT2D eigenvalue weighted by molar-refractivity contribution is -0.121. The summed E-state index contributed by atoms with van der Waals surface area (Å²) in [6, 6.07) is 7.87. The fraction of sp³-hybridized carbons (Fsp3) is 0.375. The van der Waals surface area contributed by atoms with Crippen molar-refractivity contribution in [2.45, 2.75) is 26.2 Å².